The van der Waals surface area contributed by atoms with E-state index < -0.39 is 5.97 Å². The Morgan fingerprint density at radius 3 is 2.74 bits per heavy atom. The number of morpholine rings is 1. The van der Waals surface area contributed by atoms with Crippen LogP contribution in [0.4, 0.5) is 17.1 Å². The van der Waals surface area contributed by atoms with Gasteiger partial charge in [0.05, 0.1) is 37.7 Å². The molecule has 0 unspecified atom stereocenters. The van der Waals surface area contributed by atoms with Crippen LogP contribution in [0, 0.1) is 0 Å². The number of nitrogens with zero attached hydrogens (tertiary/aromatic N) is 3. The largest absolute Gasteiger partial charge is 0.464 e. The lowest BCUT2D eigenvalue weighted by molar-refractivity contribution is 0.0594. The van der Waals surface area contributed by atoms with Crippen LogP contribution >= 0.6 is 0 Å². The van der Waals surface area contributed by atoms with Crippen molar-refractivity contribution >= 4 is 33.9 Å². The number of carbonyl (C=O) groups is 1. The van der Waals surface area contributed by atoms with Crippen LogP contribution in [0.1, 0.15) is 10.5 Å². The number of rotatable bonds is 4. The first-order valence-corrected chi connectivity index (χ1v) is 8.77. The summed E-state index contributed by atoms with van der Waals surface area (Å²) in [6.45, 7) is 3.25. The first-order chi connectivity index (χ1) is 13.2. The van der Waals surface area contributed by atoms with Crippen molar-refractivity contribution in [2.24, 2.45) is 0 Å². The molecule has 0 spiro atoms. The first kappa shape index (κ1) is 17.2. The topological polar surface area (TPSA) is 76.6 Å². The number of aromatic nitrogens is 2. The van der Waals surface area contributed by atoms with E-state index in [4.69, 9.17) is 4.74 Å². The maximum absolute atomic E-state index is 11.5. The molecule has 27 heavy (non-hydrogen) atoms. The van der Waals surface area contributed by atoms with Gasteiger partial charge in [-0.2, -0.15) is 0 Å². The van der Waals surface area contributed by atoms with Gasteiger partial charge in [0.25, 0.3) is 0 Å². The average Bonchev–Trinajstić information content (AvgIpc) is 2.74. The van der Waals surface area contributed by atoms with Crippen molar-refractivity contribution < 1.29 is 14.3 Å². The minimum atomic E-state index is -0.453. The van der Waals surface area contributed by atoms with Crippen LogP contribution in [-0.2, 0) is 9.47 Å². The fourth-order valence-corrected chi connectivity index (χ4v) is 3.11. The van der Waals surface area contributed by atoms with Gasteiger partial charge in [-0.3, -0.25) is 4.98 Å². The smallest absolute Gasteiger partial charge is 0.356 e. The van der Waals surface area contributed by atoms with Crippen LogP contribution < -0.4 is 10.2 Å². The van der Waals surface area contributed by atoms with Gasteiger partial charge in [0.2, 0.25) is 0 Å². The summed E-state index contributed by atoms with van der Waals surface area (Å²) in [5, 5.41) is 4.39. The van der Waals surface area contributed by atoms with E-state index in [1.807, 2.05) is 12.1 Å². The molecular formula is C20H20N4O3. The van der Waals surface area contributed by atoms with E-state index in [1.54, 1.807) is 24.5 Å². The molecule has 1 aliphatic heterocycles. The number of fused-ring (bicyclic) bond motifs is 1. The number of benzene rings is 1. The second-order valence-electron chi connectivity index (χ2n) is 6.21. The van der Waals surface area contributed by atoms with Gasteiger partial charge in [0.15, 0.2) is 0 Å². The SMILES string of the molecule is COC(=O)c1ccc(Nc2ccnc3ccc(N4CCOCC4)cc23)cn1. The Balaban J connectivity index is 1.63. The Morgan fingerprint density at radius 1 is 1.15 bits per heavy atom. The van der Waals surface area contributed by atoms with E-state index in [0.29, 0.717) is 0 Å². The second kappa shape index (κ2) is 7.59. The van der Waals surface area contributed by atoms with Gasteiger partial charge in [-0.1, -0.05) is 0 Å². The fraction of sp³-hybridized carbons (Fsp3) is 0.250. The first-order valence-electron chi connectivity index (χ1n) is 8.77. The molecule has 4 rings (SSSR count). The quantitative estimate of drug-likeness (QED) is 0.713. The molecule has 138 valence electrons. The standard InChI is InChI=1S/C20H20N4O3/c1-26-20(25)19-4-2-14(13-22-19)23-18-6-7-21-17-5-3-15(12-16(17)18)24-8-10-27-11-9-24/h2-7,12-13H,8-11H2,1H3,(H,21,23). The highest BCUT2D eigenvalue weighted by molar-refractivity contribution is 5.95. The molecule has 7 nitrogen and oxygen atoms in total. The van der Waals surface area contributed by atoms with Crippen LogP contribution in [0.2, 0.25) is 0 Å². The molecule has 1 aliphatic rings. The van der Waals surface area contributed by atoms with Crippen LogP contribution in [0.15, 0.2) is 48.8 Å². The lowest BCUT2D eigenvalue weighted by atomic mass is 10.1. The van der Waals surface area contributed by atoms with Crippen molar-refractivity contribution in [2.45, 2.75) is 0 Å². The number of esters is 1. The molecule has 1 fully saturated rings. The molecule has 0 bridgehead atoms. The van der Waals surface area contributed by atoms with E-state index in [0.717, 1.165) is 54.3 Å². The summed E-state index contributed by atoms with van der Waals surface area (Å²) < 4.78 is 10.1. The number of anilines is 3. The summed E-state index contributed by atoms with van der Waals surface area (Å²) in [7, 11) is 1.34. The molecule has 0 atom stereocenters. The van der Waals surface area contributed by atoms with Crippen LogP contribution in [0.25, 0.3) is 10.9 Å². The van der Waals surface area contributed by atoms with Crippen molar-refractivity contribution in [1.82, 2.24) is 9.97 Å². The number of methoxy groups -OCH3 is 1. The summed E-state index contributed by atoms with van der Waals surface area (Å²) in [4.78, 5) is 22.4. The summed E-state index contributed by atoms with van der Waals surface area (Å²) in [5.41, 5.74) is 4.06. The molecular weight excluding hydrogens is 344 g/mol. The van der Waals surface area contributed by atoms with Crippen molar-refractivity contribution in [2.75, 3.05) is 43.6 Å². The lowest BCUT2D eigenvalue weighted by Gasteiger charge is -2.29. The van der Waals surface area contributed by atoms with Crippen LogP contribution in [-0.4, -0.2) is 49.4 Å². The molecule has 7 heteroatoms. The molecule has 1 aromatic carbocycles. The van der Waals surface area contributed by atoms with Crippen molar-refractivity contribution in [3.8, 4) is 0 Å². The Bertz CT molecular complexity index is 953. The molecule has 1 N–H and O–H groups in total. The third-order valence-corrected chi connectivity index (χ3v) is 4.54. The van der Waals surface area contributed by atoms with Gasteiger partial charge in [0.1, 0.15) is 5.69 Å². The highest BCUT2D eigenvalue weighted by atomic mass is 16.5. The van der Waals surface area contributed by atoms with Gasteiger partial charge in [-0.25, -0.2) is 9.78 Å². The Kier molecular flexibility index (Phi) is 4.84. The van der Waals surface area contributed by atoms with Crippen LogP contribution in [0.5, 0.6) is 0 Å². The lowest BCUT2D eigenvalue weighted by Crippen LogP contribution is -2.36. The third-order valence-electron chi connectivity index (χ3n) is 4.54. The normalized spacial score (nSPS) is 14.2. The predicted molar refractivity (Wildman–Crippen MR) is 104 cm³/mol. The van der Waals surface area contributed by atoms with E-state index in [1.165, 1.54) is 7.11 Å². The molecule has 3 aromatic rings. The summed E-state index contributed by atoms with van der Waals surface area (Å²) in [6, 6.07) is 11.6. The second-order valence-corrected chi connectivity index (χ2v) is 6.21. The van der Waals surface area contributed by atoms with E-state index >= 15 is 0 Å². The van der Waals surface area contributed by atoms with E-state index in [2.05, 4.69) is 37.1 Å². The van der Waals surface area contributed by atoms with Crippen molar-refractivity contribution in [3.63, 3.8) is 0 Å². The number of hydrogen-bond acceptors (Lipinski definition) is 7. The van der Waals surface area contributed by atoms with Crippen molar-refractivity contribution in [1.29, 1.82) is 0 Å². The van der Waals surface area contributed by atoms with Gasteiger partial charge < -0.3 is 19.7 Å². The van der Waals surface area contributed by atoms with E-state index in [-0.39, 0.29) is 5.69 Å². The average molecular weight is 364 g/mol. The predicted octanol–water partition coefficient (Wildman–Crippen LogP) is 3.00. The highest BCUT2D eigenvalue weighted by Crippen LogP contribution is 2.29. The molecule has 2 aromatic heterocycles. The maximum atomic E-state index is 11.5. The Hall–Kier alpha value is -3.19. The summed E-state index contributed by atoms with van der Waals surface area (Å²) >= 11 is 0. The maximum Gasteiger partial charge on any atom is 0.356 e. The Morgan fingerprint density at radius 2 is 2.00 bits per heavy atom. The minimum Gasteiger partial charge on any atom is -0.464 e. The van der Waals surface area contributed by atoms with Gasteiger partial charge >= 0.3 is 5.97 Å². The Labute approximate surface area is 156 Å². The molecule has 1 saturated heterocycles. The molecule has 0 aliphatic carbocycles. The van der Waals surface area contributed by atoms with Gasteiger partial charge in [-0.15, -0.1) is 0 Å². The monoisotopic (exact) mass is 364 g/mol. The number of pyridine rings is 2. The minimum absolute atomic E-state index is 0.275. The molecule has 3 heterocycles. The molecule has 0 saturated carbocycles. The third kappa shape index (κ3) is 3.68. The molecule has 0 radical (unpaired) electrons. The molecule has 0 amide bonds. The summed E-state index contributed by atoms with van der Waals surface area (Å²) in [5.74, 6) is -0.453. The fourth-order valence-electron chi connectivity index (χ4n) is 3.11. The van der Waals surface area contributed by atoms with Crippen LogP contribution in [0.3, 0.4) is 0 Å². The zero-order valence-corrected chi connectivity index (χ0v) is 15.0. The zero-order valence-electron chi connectivity index (χ0n) is 15.0. The van der Waals surface area contributed by atoms with Gasteiger partial charge in [-0.05, 0) is 36.4 Å². The van der Waals surface area contributed by atoms with Crippen molar-refractivity contribution in [3.05, 3.63) is 54.5 Å². The van der Waals surface area contributed by atoms with E-state index in [9.17, 15) is 4.79 Å². The van der Waals surface area contributed by atoms with Gasteiger partial charge in [0, 0.05) is 36.0 Å². The summed E-state index contributed by atoms with van der Waals surface area (Å²) in [6.07, 6.45) is 3.39. The number of ether oxygens (including phenoxy) is 2. The number of carbonyl (C=O) groups excluding carboxylic acids is 1. The zero-order chi connectivity index (χ0) is 18.6. The number of nitrogens with one attached hydrogen (secondary N) is 1. The number of hydrogen-bond donors (Lipinski definition) is 1. The highest BCUT2D eigenvalue weighted by Gasteiger charge is 2.13.